The van der Waals surface area contributed by atoms with E-state index in [1.165, 1.54) is 5.70 Å². The largest absolute Gasteiger partial charge is 0.357 e. The number of allylic oxidation sites excluding steroid dienone is 6. The lowest BCUT2D eigenvalue weighted by Gasteiger charge is -2.25. The fourth-order valence-corrected chi connectivity index (χ4v) is 4.33. The average molecular weight is 447 g/mol. The molecule has 2 atom stereocenters. The van der Waals surface area contributed by atoms with E-state index in [1.807, 2.05) is 36.4 Å². The second-order valence-corrected chi connectivity index (χ2v) is 9.11. The molecule has 2 N–H and O–H groups in total. The summed E-state index contributed by atoms with van der Waals surface area (Å²) >= 11 is 0. The van der Waals surface area contributed by atoms with Crippen molar-refractivity contribution in [3.8, 4) is 22.5 Å². The van der Waals surface area contributed by atoms with Gasteiger partial charge in [0.15, 0.2) is 0 Å². The molecule has 0 spiro atoms. The maximum Gasteiger partial charge on any atom is 0.228 e. The van der Waals surface area contributed by atoms with Gasteiger partial charge in [0.25, 0.3) is 0 Å². The predicted molar refractivity (Wildman–Crippen MR) is 141 cm³/mol. The van der Waals surface area contributed by atoms with Gasteiger partial charge in [-0.3, -0.25) is 0 Å². The van der Waals surface area contributed by atoms with Crippen LogP contribution in [-0.2, 0) is 0 Å². The molecule has 0 radical (unpaired) electrons. The van der Waals surface area contributed by atoms with E-state index in [1.54, 1.807) is 0 Å². The molecule has 34 heavy (non-hydrogen) atoms. The third kappa shape index (κ3) is 5.18. The number of hydrogen-bond acceptors (Lipinski definition) is 4. The van der Waals surface area contributed by atoms with Crippen LogP contribution in [-0.4, -0.2) is 9.97 Å². The quantitative estimate of drug-likeness (QED) is 0.424. The number of rotatable bonds is 6. The van der Waals surface area contributed by atoms with E-state index in [0.717, 1.165) is 46.8 Å². The Morgan fingerprint density at radius 3 is 2.03 bits per heavy atom. The van der Waals surface area contributed by atoms with E-state index in [2.05, 4.69) is 85.2 Å². The molecule has 0 fully saturated rings. The Labute approximate surface area is 201 Å². The first-order valence-electron chi connectivity index (χ1n) is 12.0. The Bertz CT molecular complexity index is 1210. The number of nitrogens with one attached hydrogen (secondary N) is 2. The van der Waals surface area contributed by atoms with Crippen LogP contribution in [0.3, 0.4) is 0 Å². The van der Waals surface area contributed by atoms with E-state index in [4.69, 9.17) is 9.97 Å². The molecule has 0 saturated carbocycles. The summed E-state index contributed by atoms with van der Waals surface area (Å²) in [5, 5.41) is 7.20. The molecule has 4 nitrogen and oxygen atoms in total. The van der Waals surface area contributed by atoms with Crippen LogP contribution >= 0.6 is 0 Å². The van der Waals surface area contributed by atoms with Crippen molar-refractivity contribution < 1.29 is 0 Å². The van der Waals surface area contributed by atoms with Gasteiger partial charge in [-0.2, -0.15) is 0 Å². The van der Waals surface area contributed by atoms with Crippen LogP contribution in [0.1, 0.15) is 26.7 Å². The zero-order valence-corrected chi connectivity index (χ0v) is 19.7. The van der Waals surface area contributed by atoms with E-state index in [-0.39, 0.29) is 0 Å². The molecule has 1 aromatic heterocycles. The molecule has 4 heteroatoms. The van der Waals surface area contributed by atoms with Crippen molar-refractivity contribution >= 4 is 5.95 Å². The SMILES string of the molecule is CC1C=C(NC2=CC=C[C@H](C)C2)C(Nc2nc(-c3ccccc3)cc(-c3ccccc3)n2)=CC1. The van der Waals surface area contributed by atoms with E-state index < -0.39 is 0 Å². The fourth-order valence-electron chi connectivity index (χ4n) is 4.33. The highest BCUT2D eigenvalue weighted by Gasteiger charge is 2.18. The summed E-state index contributed by atoms with van der Waals surface area (Å²) in [5.41, 5.74) is 7.26. The highest BCUT2D eigenvalue weighted by Crippen LogP contribution is 2.28. The van der Waals surface area contributed by atoms with Gasteiger partial charge in [0.1, 0.15) is 0 Å². The van der Waals surface area contributed by atoms with E-state index in [9.17, 15) is 0 Å². The average Bonchev–Trinajstić information content (AvgIpc) is 2.87. The van der Waals surface area contributed by atoms with Gasteiger partial charge in [-0.05, 0) is 36.8 Å². The topological polar surface area (TPSA) is 49.8 Å². The Kier molecular flexibility index (Phi) is 6.39. The van der Waals surface area contributed by atoms with Crippen molar-refractivity contribution in [2.75, 3.05) is 5.32 Å². The van der Waals surface area contributed by atoms with Crippen molar-refractivity contribution in [1.29, 1.82) is 0 Å². The smallest absolute Gasteiger partial charge is 0.228 e. The van der Waals surface area contributed by atoms with Crippen LogP contribution in [0.15, 0.2) is 114 Å². The van der Waals surface area contributed by atoms with Gasteiger partial charge in [-0.15, -0.1) is 0 Å². The van der Waals surface area contributed by atoms with Crippen molar-refractivity contribution in [1.82, 2.24) is 15.3 Å². The molecule has 0 aliphatic heterocycles. The molecular formula is C30H30N4. The molecule has 2 aromatic carbocycles. The van der Waals surface area contributed by atoms with Crippen molar-refractivity contribution in [3.05, 3.63) is 114 Å². The van der Waals surface area contributed by atoms with Gasteiger partial charge in [-0.1, -0.05) is 98.8 Å². The van der Waals surface area contributed by atoms with Crippen LogP contribution in [0.5, 0.6) is 0 Å². The fraction of sp³-hybridized carbons (Fsp3) is 0.200. The van der Waals surface area contributed by atoms with Crippen LogP contribution in [0, 0.1) is 11.8 Å². The summed E-state index contributed by atoms with van der Waals surface area (Å²) in [6.45, 7) is 4.48. The number of benzene rings is 2. The summed E-state index contributed by atoms with van der Waals surface area (Å²) in [6, 6.07) is 22.6. The lowest BCUT2D eigenvalue weighted by molar-refractivity contribution is 0.659. The van der Waals surface area contributed by atoms with Gasteiger partial charge < -0.3 is 10.6 Å². The molecule has 0 bridgehead atoms. The third-order valence-electron chi connectivity index (χ3n) is 6.12. The lowest BCUT2D eigenvalue weighted by Crippen LogP contribution is -2.23. The Morgan fingerprint density at radius 2 is 1.41 bits per heavy atom. The monoisotopic (exact) mass is 446 g/mol. The molecule has 2 aliphatic rings. The minimum absolute atomic E-state index is 0.474. The first kappa shape index (κ1) is 21.9. The van der Waals surface area contributed by atoms with E-state index >= 15 is 0 Å². The summed E-state index contributed by atoms with van der Waals surface area (Å²) in [5.74, 6) is 1.61. The van der Waals surface area contributed by atoms with Gasteiger partial charge in [0.2, 0.25) is 5.95 Å². The first-order chi connectivity index (χ1) is 16.6. The van der Waals surface area contributed by atoms with Gasteiger partial charge in [0.05, 0.1) is 22.8 Å². The number of hydrogen-bond donors (Lipinski definition) is 2. The molecule has 2 aliphatic carbocycles. The van der Waals surface area contributed by atoms with Crippen LogP contribution in [0.25, 0.3) is 22.5 Å². The molecule has 1 heterocycles. The zero-order valence-electron chi connectivity index (χ0n) is 19.7. The van der Waals surface area contributed by atoms with Crippen molar-refractivity contribution in [2.24, 2.45) is 11.8 Å². The van der Waals surface area contributed by atoms with Gasteiger partial charge in [0, 0.05) is 16.8 Å². The Hall–Kier alpha value is -3.92. The van der Waals surface area contributed by atoms with E-state index in [0.29, 0.717) is 17.8 Å². The summed E-state index contributed by atoms with van der Waals surface area (Å²) in [7, 11) is 0. The second-order valence-electron chi connectivity index (χ2n) is 9.11. The van der Waals surface area contributed by atoms with Crippen molar-refractivity contribution in [3.63, 3.8) is 0 Å². The molecule has 170 valence electrons. The zero-order chi connectivity index (χ0) is 23.3. The lowest BCUT2D eigenvalue weighted by atomic mass is 9.97. The molecule has 0 amide bonds. The number of nitrogens with zero attached hydrogens (tertiary/aromatic N) is 2. The van der Waals surface area contributed by atoms with Crippen molar-refractivity contribution in [2.45, 2.75) is 26.7 Å². The van der Waals surface area contributed by atoms with Crippen LogP contribution in [0.2, 0.25) is 0 Å². The normalized spacial score (nSPS) is 19.6. The maximum absolute atomic E-state index is 4.89. The Balaban J connectivity index is 1.48. The molecule has 5 rings (SSSR count). The molecule has 3 aromatic rings. The summed E-state index contributed by atoms with van der Waals surface area (Å²) in [4.78, 5) is 9.78. The first-order valence-corrected chi connectivity index (χ1v) is 12.0. The molecular weight excluding hydrogens is 416 g/mol. The highest BCUT2D eigenvalue weighted by molar-refractivity contribution is 5.70. The van der Waals surface area contributed by atoms with Gasteiger partial charge in [-0.25, -0.2) is 9.97 Å². The third-order valence-corrected chi connectivity index (χ3v) is 6.12. The maximum atomic E-state index is 4.89. The van der Waals surface area contributed by atoms with Crippen LogP contribution < -0.4 is 10.6 Å². The summed E-state index contributed by atoms with van der Waals surface area (Å²) < 4.78 is 0. The van der Waals surface area contributed by atoms with Gasteiger partial charge >= 0.3 is 0 Å². The number of aromatic nitrogens is 2. The standard InChI is InChI=1S/C30H30N4/c1-21-10-9-15-25(18-21)31-29-19-22(2)16-17-26(29)32-30-33-27(23-11-5-3-6-12-23)20-28(34-30)24-13-7-4-8-14-24/h3-15,17,19-22,31H,16,18H2,1-2H3,(H,32,33,34)/t21-,22?/m0/s1. The molecule has 1 unspecified atom stereocenters. The van der Waals surface area contributed by atoms with Crippen LogP contribution in [0.4, 0.5) is 5.95 Å². The highest BCUT2D eigenvalue weighted by atomic mass is 15.1. The minimum Gasteiger partial charge on any atom is -0.357 e. The predicted octanol–water partition coefficient (Wildman–Crippen LogP) is 7.10. The Morgan fingerprint density at radius 1 is 0.765 bits per heavy atom. The minimum atomic E-state index is 0.474. The summed E-state index contributed by atoms with van der Waals surface area (Å²) in [6.07, 6.45) is 13.1. The molecule has 0 saturated heterocycles. The second kappa shape index (κ2) is 9.92. The number of anilines is 1.